The lowest BCUT2D eigenvalue weighted by Gasteiger charge is -2.27. The van der Waals surface area contributed by atoms with Crippen molar-refractivity contribution in [3.8, 4) is 0 Å². The number of nitrogens with one attached hydrogen (secondary N) is 1. The van der Waals surface area contributed by atoms with Crippen molar-refractivity contribution in [2.24, 2.45) is 7.05 Å². The molecule has 2 aliphatic rings. The number of amides is 2. The SMILES string of the molecule is COCCN(C(=O)c1cc(NC(=O)C2CCCO2)c2c(c1)nc(C1CCC1)n2C)C(C)C. The second-order valence-electron chi connectivity index (χ2n) is 9.12. The number of rotatable bonds is 8. The first-order valence-electron chi connectivity index (χ1n) is 11.6. The summed E-state index contributed by atoms with van der Waals surface area (Å²) in [5.41, 5.74) is 2.71. The largest absolute Gasteiger partial charge is 0.383 e. The van der Waals surface area contributed by atoms with Gasteiger partial charge < -0.3 is 24.3 Å². The molecule has 1 N–H and O–H groups in total. The van der Waals surface area contributed by atoms with E-state index in [1.165, 1.54) is 6.42 Å². The third kappa shape index (κ3) is 4.38. The van der Waals surface area contributed by atoms with Crippen molar-refractivity contribution in [1.29, 1.82) is 0 Å². The van der Waals surface area contributed by atoms with Crippen LogP contribution in [0.5, 0.6) is 0 Å². The minimum atomic E-state index is -0.447. The van der Waals surface area contributed by atoms with Gasteiger partial charge >= 0.3 is 0 Å². The number of hydrogen-bond donors (Lipinski definition) is 1. The van der Waals surface area contributed by atoms with Gasteiger partial charge in [0.05, 0.1) is 23.3 Å². The van der Waals surface area contributed by atoms with E-state index in [-0.39, 0.29) is 17.9 Å². The van der Waals surface area contributed by atoms with Crippen LogP contribution in [0.25, 0.3) is 11.0 Å². The fourth-order valence-corrected chi connectivity index (χ4v) is 4.57. The van der Waals surface area contributed by atoms with Gasteiger partial charge in [0.1, 0.15) is 11.9 Å². The molecule has 8 nitrogen and oxygen atoms in total. The summed E-state index contributed by atoms with van der Waals surface area (Å²) >= 11 is 0. The van der Waals surface area contributed by atoms with Gasteiger partial charge in [0.15, 0.2) is 0 Å². The highest BCUT2D eigenvalue weighted by molar-refractivity contribution is 6.06. The normalized spacial score (nSPS) is 18.8. The molecule has 8 heteroatoms. The molecule has 174 valence electrons. The molecule has 1 saturated heterocycles. The molecule has 32 heavy (non-hydrogen) atoms. The predicted octanol–water partition coefficient (Wildman–Crippen LogP) is 3.46. The predicted molar refractivity (Wildman–Crippen MR) is 123 cm³/mol. The summed E-state index contributed by atoms with van der Waals surface area (Å²) in [4.78, 5) is 33.0. The van der Waals surface area contributed by atoms with Gasteiger partial charge in [0.25, 0.3) is 11.8 Å². The smallest absolute Gasteiger partial charge is 0.254 e. The number of benzene rings is 1. The van der Waals surface area contributed by atoms with Gasteiger partial charge in [-0.15, -0.1) is 0 Å². The van der Waals surface area contributed by atoms with E-state index in [4.69, 9.17) is 14.5 Å². The maximum Gasteiger partial charge on any atom is 0.254 e. The van der Waals surface area contributed by atoms with Crippen LogP contribution in [0.2, 0.25) is 0 Å². The van der Waals surface area contributed by atoms with E-state index in [1.807, 2.05) is 27.0 Å². The van der Waals surface area contributed by atoms with Gasteiger partial charge in [0.2, 0.25) is 0 Å². The zero-order valence-electron chi connectivity index (χ0n) is 19.5. The third-order valence-corrected chi connectivity index (χ3v) is 6.62. The minimum Gasteiger partial charge on any atom is -0.383 e. The van der Waals surface area contributed by atoms with Gasteiger partial charge in [-0.3, -0.25) is 9.59 Å². The summed E-state index contributed by atoms with van der Waals surface area (Å²) < 4.78 is 12.8. The number of aromatic nitrogens is 2. The lowest BCUT2D eigenvalue weighted by atomic mass is 9.85. The Bertz CT molecular complexity index is 990. The van der Waals surface area contributed by atoms with E-state index in [0.29, 0.717) is 43.3 Å². The van der Waals surface area contributed by atoms with Crippen LogP contribution >= 0.6 is 0 Å². The van der Waals surface area contributed by atoms with E-state index in [9.17, 15) is 9.59 Å². The number of imidazole rings is 1. The Morgan fingerprint density at radius 2 is 2.06 bits per heavy atom. The zero-order valence-corrected chi connectivity index (χ0v) is 19.5. The number of carbonyl (C=O) groups is 2. The van der Waals surface area contributed by atoms with Crippen LogP contribution in [0.3, 0.4) is 0 Å². The first-order valence-corrected chi connectivity index (χ1v) is 11.6. The highest BCUT2D eigenvalue weighted by atomic mass is 16.5. The van der Waals surface area contributed by atoms with Gasteiger partial charge in [-0.2, -0.15) is 0 Å². The number of methoxy groups -OCH3 is 1. The number of aryl methyl sites for hydroxylation is 1. The van der Waals surface area contributed by atoms with Gasteiger partial charge in [-0.25, -0.2) is 4.98 Å². The fourth-order valence-electron chi connectivity index (χ4n) is 4.57. The molecule has 0 bridgehead atoms. The molecule has 2 amide bonds. The maximum atomic E-state index is 13.4. The van der Waals surface area contributed by atoms with Crippen molar-refractivity contribution in [1.82, 2.24) is 14.5 Å². The van der Waals surface area contributed by atoms with E-state index in [1.54, 1.807) is 18.1 Å². The van der Waals surface area contributed by atoms with Crippen molar-refractivity contribution in [3.63, 3.8) is 0 Å². The third-order valence-electron chi connectivity index (χ3n) is 6.62. The Morgan fingerprint density at radius 1 is 1.28 bits per heavy atom. The van der Waals surface area contributed by atoms with Gasteiger partial charge in [0, 0.05) is 44.8 Å². The van der Waals surface area contributed by atoms with Crippen LogP contribution in [0.15, 0.2) is 12.1 Å². The Balaban J connectivity index is 1.74. The molecule has 4 rings (SSSR count). The van der Waals surface area contributed by atoms with Crippen LogP contribution in [0, 0.1) is 0 Å². The number of anilines is 1. The first kappa shape index (κ1) is 22.7. The van der Waals surface area contributed by atoms with Crippen molar-refractivity contribution in [2.75, 3.05) is 32.2 Å². The monoisotopic (exact) mass is 442 g/mol. The summed E-state index contributed by atoms with van der Waals surface area (Å²) in [6.45, 7) is 5.54. The van der Waals surface area contributed by atoms with Crippen LogP contribution in [-0.4, -0.2) is 65.3 Å². The summed E-state index contributed by atoms with van der Waals surface area (Å²) in [5, 5.41) is 3.04. The molecule has 1 unspecified atom stereocenters. The topological polar surface area (TPSA) is 85.7 Å². The second-order valence-corrected chi connectivity index (χ2v) is 9.12. The molecule has 1 atom stereocenters. The molecule has 1 aromatic carbocycles. The zero-order chi connectivity index (χ0) is 22.8. The van der Waals surface area contributed by atoms with Crippen molar-refractivity contribution < 1.29 is 19.1 Å². The highest BCUT2D eigenvalue weighted by Gasteiger charge is 2.29. The van der Waals surface area contributed by atoms with Crippen molar-refractivity contribution in [2.45, 2.75) is 64.0 Å². The number of hydrogen-bond acceptors (Lipinski definition) is 5. The van der Waals surface area contributed by atoms with Crippen LogP contribution in [0.1, 0.15) is 68.1 Å². The minimum absolute atomic E-state index is 0.0209. The van der Waals surface area contributed by atoms with Crippen LogP contribution < -0.4 is 5.32 Å². The Morgan fingerprint density at radius 3 is 2.66 bits per heavy atom. The van der Waals surface area contributed by atoms with E-state index in [2.05, 4.69) is 9.88 Å². The molecule has 1 aliphatic heterocycles. The summed E-state index contributed by atoms with van der Waals surface area (Å²) in [6.07, 6.45) is 4.61. The number of ether oxygens (including phenoxy) is 2. The second kappa shape index (κ2) is 9.58. The van der Waals surface area contributed by atoms with Crippen LogP contribution in [-0.2, 0) is 21.3 Å². The molecule has 0 spiro atoms. The van der Waals surface area contributed by atoms with Gasteiger partial charge in [-0.1, -0.05) is 6.42 Å². The first-order chi connectivity index (χ1) is 15.4. The lowest BCUT2D eigenvalue weighted by molar-refractivity contribution is -0.124. The summed E-state index contributed by atoms with van der Waals surface area (Å²) in [5.74, 6) is 1.19. The van der Waals surface area contributed by atoms with Crippen LogP contribution in [0.4, 0.5) is 5.69 Å². The Hall–Kier alpha value is -2.45. The highest BCUT2D eigenvalue weighted by Crippen LogP contribution is 2.38. The van der Waals surface area contributed by atoms with E-state index < -0.39 is 6.10 Å². The average Bonchev–Trinajstić information content (AvgIpc) is 3.36. The maximum absolute atomic E-state index is 13.4. The quantitative estimate of drug-likeness (QED) is 0.677. The summed E-state index contributed by atoms with van der Waals surface area (Å²) in [6, 6.07) is 3.66. The molecule has 2 aromatic rings. The fraction of sp³-hybridized carbons (Fsp3) is 0.625. The number of nitrogens with zero attached hydrogens (tertiary/aromatic N) is 3. The lowest BCUT2D eigenvalue weighted by Crippen LogP contribution is -2.39. The Labute approximate surface area is 189 Å². The summed E-state index contributed by atoms with van der Waals surface area (Å²) in [7, 11) is 3.62. The molecular weight excluding hydrogens is 408 g/mol. The van der Waals surface area contributed by atoms with Crippen molar-refractivity contribution >= 4 is 28.5 Å². The molecule has 1 aromatic heterocycles. The van der Waals surface area contributed by atoms with Gasteiger partial charge in [-0.05, 0) is 51.7 Å². The molecule has 1 aliphatic carbocycles. The molecule has 2 fully saturated rings. The molecular formula is C24H34N4O4. The number of carbonyl (C=O) groups excluding carboxylic acids is 2. The van der Waals surface area contributed by atoms with E-state index >= 15 is 0 Å². The molecule has 0 radical (unpaired) electrons. The standard InChI is InChI=1S/C24H34N4O4/c1-15(2)28(10-12-31-4)24(30)17-13-18-21(27(3)22(25-18)16-7-5-8-16)19(14-17)26-23(29)20-9-6-11-32-20/h13-16,20H,5-12H2,1-4H3,(H,26,29). The molecule has 1 saturated carbocycles. The van der Waals surface area contributed by atoms with Crippen molar-refractivity contribution in [3.05, 3.63) is 23.5 Å². The van der Waals surface area contributed by atoms with E-state index in [0.717, 1.165) is 36.1 Å². The Kier molecular flexibility index (Phi) is 6.81. The number of fused-ring (bicyclic) bond motifs is 1. The average molecular weight is 443 g/mol. The molecule has 2 heterocycles.